The van der Waals surface area contributed by atoms with Crippen molar-refractivity contribution in [2.45, 2.75) is 30.8 Å². The van der Waals surface area contributed by atoms with Gasteiger partial charge >= 0.3 is 5.97 Å². The van der Waals surface area contributed by atoms with E-state index in [-0.39, 0.29) is 36.1 Å². The molecule has 32 heavy (non-hydrogen) atoms. The fourth-order valence-electron chi connectivity index (χ4n) is 4.91. The molecule has 0 radical (unpaired) electrons. The quantitative estimate of drug-likeness (QED) is 0.401. The van der Waals surface area contributed by atoms with Gasteiger partial charge in [-0.25, -0.2) is 8.78 Å². The van der Waals surface area contributed by atoms with Crippen molar-refractivity contribution in [3.63, 3.8) is 0 Å². The maximum absolute atomic E-state index is 15.2. The zero-order chi connectivity index (χ0) is 22.7. The summed E-state index contributed by atoms with van der Waals surface area (Å²) in [6, 6.07) is 9.77. The van der Waals surface area contributed by atoms with Crippen molar-refractivity contribution in [1.82, 2.24) is 0 Å². The molecular weight excluding hydrogens is 458 g/mol. The molecule has 0 amide bonds. The second kappa shape index (κ2) is 9.98. The Labute approximate surface area is 195 Å². The zero-order valence-electron chi connectivity index (χ0n) is 17.7. The van der Waals surface area contributed by atoms with Crippen LogP contribution in [0.4, 0.5) is 8.78 Å². The largest absolute Gasteiger partial charge is 0.490 e. The van der Waals surface area contributed by atoms with Crippen LogP contribution in [0.2, 0.25) is 5.02 Å². The maximum atomic E-state index is 15.2. The molecule has 2 aliphatic heterocycles. The molecule has 2 heterocycles. The van der Waals surface area contributed by atoms with Crippen LogP contribution >= 0.6 is 23.4 Å². The Morgan fingerprint density at radius 3 is 2.72 bits per heavy atom. The zero-order valence-corrected chi connectivity index (χ0v) is 19.3. The van der Waals surface area contributed by atoms with Crippen LogP contribution in [0.3, 0.4) is 0 Å². The van der Waals surface area contributed by atoms with E-state index in [1.54, 1.807) is 0 Å². The first-order valence-electron chi connectivity index (χ1n) is 10.6. The molecule has 2 aliphatic rings. The fourth-order valence-corrected chi connectivity index (χ4v) is 5.87. The molecule has 0 saturated carbocycles. The lowest BCUT2D eigenvalue weighted by Gasteiger charge is -2.51. The topological polar surface area (TPSA) is 44.8 Å². The molecule has 2 aromatic rings. The Balaban J connectivity index is 1.66. The van der Waals surface area contributed by atoms with E-state index in [0.717, 1.165) is 11.6 Å². The van der Waals surface area contributed by atoms with Crippen molar-refractivity contribution >= 4 is 29.3 Å². The van der Waals surface area contributed by atoms with Gasteiger partial charge in [-0.15, -0.1) is 0 Å². The van der Waals surface area contributed by atoms with Gasteiger partial charge in [0.2, 0.25) is 0 Å². The number of hydrogen-bond acceptors (Lipinski definition) is 5. The first-order valence-corrected chi connectivity index (χ1v) is 12.1. The first-order chi connectivity index (χ1) is 15.4. The van der Waals surface area contributed by atoms with Gasteiger partial charge in [-0.2, -0.15) is 11.8 Å². The van der Waals surface area contributed by atoms with E-state index in [1.165, 1.54) is 24.9 Å². The SMILES string of the molecule is COC(=O)CSCC[C@@H]1OCC[C@@]2(Cc3ccc(Cl)cc3)c3c(F)ccc(F)c3OC[C@@H]12. The summed E-state index contributed by atoms with van der Waals surface area (Å²) in [7, 11) is 1.36. The second-order valence-electron chi connectivity index (χ2n) is 8.19. The Kier molecular flexibility index (Phi) is 7.27. The number of halogens is 3. The molecule has 0 N–H and O–H groups in total. The van der Waals surface area contributed by atoms with Crippen LogP contribution in [0, 0.1) is 17.6 Å². The van der Waals surface area contributed by atoms with Gasteiger partial charge < -0.3 is 14.2 Å². The lowest BCUT2D eigenvalue weighted by atomic mass is 9.60. The third-order valence-electron chi connectivity index (χ3n) is 6.43. The van der Waals surface area contributed by atoms with Crippen LogP contribution < -0.4 is 4.74 Å². The summed E-state index contributed by atoms with van der Waals surface area (Å²) in [4.78, 5) is 11.4. The van der Waals surface area contributed by atoms with Gasteiger partial charge in [-0.1, -0.05) is 23.7 Å². The van der Waals surface area contributed by atoms with Crippen molar-refractivity contribution < 1.29 is 27.8 Å². The van der Waals surface area contributed by atoms with Crippen molar-refractivity contribution in [2.75, 3.05) is 31.8 Å². The van der Waals surface area contributed by atoms with E-state index in [4.69, 9.17) is 21.1 Å². The molecule has 0 bridgehead atoms. The Bertz CT molecular complexity index is 971. The highest BCUT2D eigenvalue weighted by atomic mass is 35.5. The van der Waals surface area contributed by atoms with Crippen LogP contribution in [-0.2, 0) is 26.1 Å². The number of hydrogen-bond donors (Lipinski definition) is 0. The summed E-state index contributed by atoms with van der Waals surface area (Å²) in [6.45, 7) is 0.680. The number of fused-ring (bicyclic) bond motifs is 3. The van der Waals surface area contributed by atoms with Gasteiger partial charge in [0, 0.05) is 28.5 Å². The standard InChI is InChI=1S/C24H25ClF2O4S/c1-29-21(28)14-32-11-8-20-17-13-31-23-19(27)7-6-18(26)22(23)24(17,9-10-30-20)12-15-2-4-16(25)5-3-15/h2-7,17,20H,8-14H2,1H3/t17-,20-,24-/m0/s1. The lowest BCUT2D eigenvalue weighted by Crippen LogP contribution is -2.55. The van der Waals surface area contributed by atoms with Crippen LogP contribution in [0.5, 0.6) is 5.75 Å². The molecule has 1 fully saturated rings. The number of thioether (sulfide) groups is 1. The number of benzene rings is 2. The van der Waals surface area contributed by atoms with Gasteiger partial charge in [-0.05, 0) is 54.8 Å². The predicted molar refractivity (Wildman–Crippen MR) is 120 cm³/mol. The fraction of sp³-hybridized carbons (Fsp3) is 0.458. The average molecular weight is 483 g/mol. The number of rotatable bonds is 7. The highest BCUT2D eigenvalue weighted by Gasteiger charge is 2.53. The molecule has 4 nitrogen and oxygen atoms in total. The molecule has 4 rings (SSSR count). The van der Waals surface area contributed by atoms with Gasteiger partial charge in [-0.3, -0.25) is 4.79 Å². The minimum Gasteiger partial charge on any atom is -0.490 e. The number of esters is 1. The van der Waals surface area contributed by atoms with Crippen LogP contribution in [0.15, 0.2) is 36.4 Å². The number of carbonyl (C=O) groups excluding carboxylic acids is 1. The minimum atomic E-state index is -0.663. The normalized spacial score (nSPS) is 24.2. The number of ether oxygens (including phenoxy) is 3. The van der Waals surface area contributed by atoms with Crippen molar-refractivity contribution in [1.29, 1.82) is 0 Å². The van der Waals surface area contributed by atoms with E-state index < -0.39 is 17.0 Å². The van der Waals surface area contributed by atoms with E-state index in [9.17, 15) is 9.18 Å². The van der Waals surface area contributed by atoms with E-state index in [2.05, 4.69) is 4.74 Å². The second-order valence-corrected chi connectivity index (χ2v) is 9.73. The third-order valence-corrected chi connectivity index (χ3v) is 7.65. The summed E-state index contributed by atoms with van der Waals surface area (Å²) < 4.78 is 46.4. The highest BCUT2D eigenvalue weighted by molar-refractivity contribution is 7.99. The molecule has 172 valence electrons. The van der Waals surface area contributed by atoms with E-state index >= 15 is 4.39 Å². The van der Waals surface area contributed by atoms with Crippen LogP contribution in [-0.4, -0.2) is 43.9 Å². The number of carbonyl (C=O) groups is 1. The van der Waals surface area contributed by atoms with Gasteiger partial charge in [0.1, 0.15) is 5.82 Å². The lowest BCUT2D eigenvalue weighted by molar-refractivity contribution is -0.137. The third kappa shape index (κ3) is 4.61. The Morgan fingerprint density at radius 1 is 1.22 bits per heavy atom. The van der Waals surface area contributed by atoms with Crippen LogP contribution in [0.1, 0.15) is 24.0 Å². The molecule has 0 aliphatic carbocycles. The summed E-state index contributed by atoms with van der Waals surface area (Å²) >= 11 is 7.53. The average Bonchev–Trinajstić information content (AvgIpc) is 2.80. The van der Waals surface area contributed by atoms with Crippen LogP contribution in [0.25, 0.3) is 0 Å². The highest BCUT2D eigenvalue weighted by Crippen LogP contribution is 2.52. The molecular formula is C24H25ClF2O4S. The van der Waals surface area contributed by atoms with Crippen molar-refractivity contribution in [3.8, 4) is 5.75 Å². The van der Waals surface area contributed by atoms with Crippen molar-refractivity contribution in [3.05, 3.63) is 64.2 Å². The van der Waals surface area contributed by atoms with Crippen molar-refractivity contribution in [2.24, 2.45) is 5.92 Å². The molecule has 0 spiro atoms. The Hall–Kier alpha value is -1.83. The molecule has 3 atom stereocenters. The number of methoxy groups -OCH3 is 1. The molecule has 0 aromatic heterocycles. The summed E-state index contributed by atoms with van der Waals surface area (Å²) in [6.07, 6.45) is 1.56. The monoisotopic (exact) mass is 482 g/mol. The summed E-state index contributed by atoms with van der Waals surface area (Å²) in [5.74, 6) is -0.475. The van der Waals surface area contributed by atoms with Gasteiger partial charge in [0.05, 0.1) is 25.6 Å². The molecule has 2 aromatic carbocycles. The molecule has 0 unspecified atom stereocenters. The van der Waals surface area contributed by atoms with E-state index in [1.807, 2.05) is 24.3 Å². The van der Waals surface area contributed by atoms with Gasteiger partial charge in [0.25, 0.3) is 0 Å². The Morgan fingerprint density at radius 2 is 1.97 bits per heavy atom. The molecule has 1 saturated heterocycles. The van der Waals surface area contributed by atoms with E-state index in [0.29, 0.717) is 42.2 Å². The summed E-state index contributed by atoms with van der Waals surface area (Å²) in [5.41, 5.74) is 0.639. The smallest absolute Gasteiger partial charge is 0.315 e. The predicted octanol–water partition coefficient (Wildman–Crippen LogP) is 5.19. The minimum absolute atomic E-state index is 0.0101. The maximum Gasteiger partial charge on any atom is 0.315 e. The summed E-state index contributed by atoms with van der Waals surface area (Å²) in [5, 5.41) is 0.625. The molecule has 8 heteroatoms. The first kappa shape index (κ1) is 23.3. The van der Waals surface area contributed by atoms with Gasteiger partial charge in [0.15, 0.2) is 11.6 Å².